The lowest BCUT2D eigenvalue weighted by Gasteiger charge is -2.39. The summed E-state index contributed by atoms with van der Waals surface area (Å²) in [6.45, 7) is 13.4. The molecule has 4 atom stereocenters. The van der Waals surface area contributed by atoms with Crippen LogP contribution in [-0.2, 0) is 18.7 Å². The maximum absolute atomic E-state index is 12.0. The highest BCUT2D eigenvalue weighted by atomic mass is 28.4. The zero-order valence-corrected chi connectivity index (χ0v) is 19.3. The number of hydrogen-bond acceptors (Lipinski definition) is 4. The van der Waals surface area contributed by atoms with Crippen LogP contribution < -0.4 is 0 Å². The highest BCUT2D eigenvalue weighted by Gasteiger charge is 2.48. The van der Waals surface area contributed by atoms with Crippen molar-refractivity contribution in [1.82, 2.24) is 0 Å². The summed E-state index contributed by atoms with van der Waals surface area (Å²) < 4.78 is 18.1. The second kappa shape index (κ2) is 9.70. The Labute approximate surface area is 167 Å². The lowest BCUT2D eigenvalue weighted by atomic mass is 10.0. The third-order valence-corrected chi connectivity index (χ3v) is 10.8. The molecule has 0 bridgehead atoms. The molecular formula is C22H40O4Si. The number of esters is 1. The molecule has 0 aromatic rings. The second-order valence-corrected chi connectivity index (χ2v) is 14.5. The van der Waals surface area contributed by atoms with Crippen LogP contribution in [0.25, 0.3) is 0 Å². The number of rotatable bonds is 2. The average molecular weight is 397 g/mol. The van der Waals surface area contributed by atoms with Gasteiger partial charge in [-0.15, -0.1) is 0 Å². The molecular weight excluding hydrogens is 356 g/mol. The molecule has 0 saturated carbocycles. The van der Waals surface area contributed by atoms with Crippen molar-refractivity contribution in [3.63, 3.8) is 0 Å². The molecule has 2 aliphatic heterocycles. The number of carbonyl (C=O) groups is 1. The standard InChI is InChI=1S/C22H40O4Si/c1-17-13-11-9-7-8-10-12-14-19(26-27(5,6)22(2,3)4)21-18(25-21)15-16-20(23)24-17/h15-19,21H,7-14H2,1-6H3/b16-15+/t17-,18-,19+,21-/m1/s1. The Hall–Kier alpha value is -0.653. The third-order valence-electron chi connectivity index (χ3n) is 6.27. The van der Waals surface area contributed by atoms with Gasteiger partial charge in [-0.25, -0.2) is 4.79 Å². The summed E-state index contributed by atoms with van der Waals surface area (Å²) in [5.41, 5.74) is 0. The summed E-state index contributed by atoms with van der Waals surface area (Å²) in [7, 11) is -1.85. The summed E-state index contributed by atoms with van der Waals surface area (Å²) in [5.74, 6) is -0.259. The molecule has 1 fully saturated rings. The zero-order chi connectivity index (χ0) is 20.1. The van der Waals surface area contributed by atoms with E-state index in [1.54, 1.807) is 0 Å². The fraction of sp³-hybridized carbons (Fsp3) is 0.864. The minimum absolute atomic E-state index is 0.0133. The molecule has 2 heterocycles. The first-order valence-corrected chi connectivity index (χ1v) is 13.7. The van der Waals surface area contributed by atoms with Crippen LogP contribution in [0.2, 0.25) is 18.1 Å². The van der Waals surface area contributed by atoms with E-state index < -0.39 is 8.32 Å². The summed E-state index contributed by atoms with van der Waals surface area (Å²) in [5, 5.41) is 0.183. The molecule has 2 aliphatic rings. The largest absolute Gasteiger partial charge is 0.460 e. The van der Waals surface area contributed by atoms with Gasteiger partial charge in [-0.2, -0.15) is 0 Å². The molecule has 0 radical (unpaired) electrons. The number of fused-ring (bicyclic) bond motifs is 1. The third kappa shape index (κ3) is 7.35. The minimum Gasteiger partial charge on any atom is -0.460 e. The van der Waals surface area contributed by atoms with E-state index in [1.165, 1.54) is 38.2 Å². The van der Waals surface area contributed by atoms with Crippen molar-refractivity contribution in [2.24, 2.45) is 0 Å². The molecule has 0 amide bonds. The topological polar surface area (TPSA) is 48.1 Å². The lowest BCUT2D eigenvalue weighted by Crippen LogP contribution is -2.45. The Morgan fingerprint density at radius 1 is 1.04 bits per heavy atom. The predicted octanol–water partition coefficient (Wildman–Crippen LogP) is 5.77. The maximum Gasteiger partial charge on any atom is 0.330 e. The molecule has 156 valence electrons. The fourth-order valence-corrected chi connectivity index (χ4v) is 4.75. The number of ether oxygens (including phenoxy) is 2. The number of epoxide rings is 1. The molecule has 27 heavy (non-hydrogen) atoms. The van der Waals surface area contributed by atoms with Crippen LogP contribution in [0.5, 0.6) is 0 Å². The van der Waals surface area contributed by atoms with Gasteiger partial charge in [0, 0.05) is 6.08 Å². The van der Waals surface area contributed by atoms with Crippen molar-refractivity contribution in [2.75, 3.05) is 0 Å². The van der Waals surface area contributed by atoms with E-state index in [9.17, 15) is 4.79 Å². The molecule has 0 N–H and O–H groups in total. The SMILES string of the molecule is C[C@@H]1CCCCCCCC[C@H](O[Si](C)(C)C(C)(C)C)[C@@H]2O[C@@H]2/C=C/C(=O)O1. The first-order valence-electron chi connectivity index (χ1n) is 10.8. The second-order valence-electron chi connectivity index (χ2n) is 9.79. The molecule has 2 rings (SSSR count). The number of cyclic esters (lactones) is 1. The van der Waals surface area contributed by atoms with Gasteiger partial charge < -0.3 is 13.9 Å². The fourth-order valence-electron chi connectivity index (χ4n) is 3.39. The first-order chi connectivity index (χ1) is 12.6. The molecule has 5 heteroatoms. The Morgan fingerprint density at radius 2 is 1.63 bits per heavy atom. The Balaban J connectivity index is 2.02. The van der Waals surface area contributed by atoms with Crippen LogP contribution in [0.3, 0.4) is 0 Å². The molecule has 0 aromatic carbocycles. The smallest absolute Gasteiger partial charge is 0.330 e. The quantitative estimate of drug-likeness (QED) is 0.338. The summed E-state index contributed by atoms with van der Waals surface area (Å²) in [6.07, 6.45) is 12.9. The Bertz CT molecular complexity index is 509. The van der Waals surface area contributed by atoms with Crippen LogP contribution in [-0.4, -0.2) is 38.7 Å². The molecule has 4 nitrogen and oxygen atoms in total. The molecule has 0 aromatic heterocycles. The van der Waals surface area contributed by atoms with E-state index in [0.29, 0.717) is 0 Å². The summed E-state index contributed by atoms with van der Waals surface area (Å²) in [6, 6.07) is 0. The zero-order valence-electron chi connectivity index (χ0n) is 18.3. The van der Waals surface area contributed by atoms with Crippen molar-refractivity contribution in [3.05, 3.63) is 12.2 Å². The summed E-state index contributed by atoms with van der Waals surface area (Å²) >= 11 is 0. The monoisotopic (exact) mass is 396 g/mol. The highest BCUT2D eigenvalue weighted by molar-refractivity contribution is 6.74. The predicted molar refractivity (Wildman–Crippen MR) is 112 cm³/mol. The number of hydrogen-bond donors (Lipinski definition) is 0. The maximum atomic E-state index is 12.0. The van der Waals surface area contributed by atoms with Crippen molar-refractivity contribution >= 4 is 14.3 Å². The van der Waals surface area contributed by atoms with Crippen LogP contribution in [0.1, 0.15) is 79.1 Å². The van der Waals surface area contributed by atoms with Gasteiger partial charge >= 0.3 is 5.97 Å². The van der Waals surface area contributed by atoms with Crippen molar-refractivity contribution in [3.8, 4) is 0 Å². The van der Waals surface area contributed by atoms with Gasteiger partial charge in [0.25, 0.3) is 0 Å². The van der Waals surface area contributed by atoms with Crippen LogP contribution in [0.4, 0.5) is 0 Å². The van der Waals surface area contributed by atoms with E-state index in [4.69, 9.17) is 13.9 Å². The Kier molecular flexibility index (Phi) is 8.14. The van der Waals surface area contributed by atoms with Crippen LogP contribution in [0.15, 0.2) is 12.2 Å². The van der Waals surface area contributed by atoms with E-state index in [-0.39, 0.29) is 35.4 Å². The normalized spacial score (nSPS) is 33.0. The van der Waals surface area contributed by atoms with Gasteiger partial charge in [0.15, 0.2) is 8.32 Å². The molecule has 0 aliphatic carbocycles. The van der Waals surface area contributed by atoms with Gasteiger partial charge in [0.2, 0.25) is 0 Å². The molecule has 0 unspecified atom stereocenters. The van der Waals surface area contributed by atoms with Crippen molar-refractivity contribution < 1.29 is 18.7 Å². The highest BCUT2D eigenvalue weighted by Crippen LogP contribution is 2.41. The van der Waals surface area contributed by atoms with Gasteiger partial charge in [-0.3, -0.25) is 0 Å². The van der Waals surface area contributed by atoms with E-state index >= 15 is 0 Å². The van der Waals surface area contributed by atoms with Gasteiger partial charge in [-0.1, -0.05) is 52.9 Å². The van der Waals surface area contributed by atoms with Crippen LogP contribution in [0, 0.1) is 0 Å². The number of carbonyl (C=O) groups excluding carboxylic acids is 1. The minimum atomic E-state index is -1.85. The van der Waals surface area contributed by atoms with E-state index in [1.807, 2.05) is 13.0 Å². The Morgan fingerprint density at radius 3 is 2.26 bits per heavy atom. The van der Waals surface area contributed by atoms with Gasteiger partial charge in [-0.05, 0) is 50.4 Å². The van der Waals surface area contributed by atoms with Crippen LogP contribution >= 0.6 is 0 Å². The van der Waals surface area contributed by atoms with Gasteiger partial charge in [0.05, 0.1) is 12.2 Å². The first kappa shape index (κ1) is 22.6. The van der Waals surface area contributed by atoms with E-state index in [2.05, 4.69) is 33.9 Å². The average Bonchev–Trinajstić information content (AvgIpc) is 3.31. The van der Waals surface area contributed by atoms with Gasteiger partial charge in [0.1, 0.15) is 12.2 Å². The molecule has 1 saturated heterocycles. The molecule has 0 spiro atoms. The summed E-state index contributed by atoms with van der Waals surface area (Å²) in [4.78, 5) is 12.0. The van der Waals surface area contributed by atoms with Crippen molar-refractivity contribution in [2.45, 2.75) is 122 Å². The van der Waals surface area contributed by atoms with Crippen molar-refractivity contribution in [1.29, 1.82) is 0 Å². The lowest BCUT2D eigenvalue weighted by molar-refractivity contribution is -0.142. The van der Waals surface area contributed by atoms with E-state index in [0.717, 1.165) is 19.3 Å².